The second-order valence-corrected chi connectivity index (χ2v) is 5.72. The lowest BCUT2D eigenvalue weighted by Crippen LogP contribution is -2.20. The van der Waals surface area contributed by atoms with Gasteiger partial charge in [-0.15, -0.1) is 0 Å². The Morgan fingerprint density at radius 2 is 1.47 bits per heavy atom. The van der Waals surface area contributed by atoms with Crippen molar-refractivity contribution in [2.24, 2.45) is 0 Å². The van der Waals surface area contributed by atoms with E-state index in [4.69, 9.17) is 0 Å². The van der Waals surface area contributed by atoms with Crippen LogP contribution >= 0.6 is 0 Å². The fraction of sp³-hybridized carbons (Fsp3) is 0.0667. The van der Waals surface area contributed by atoms with Crippen LogP contribution in [0.3, 0.4) is 0 Å². The molecule has 0 radical (unpaired) electrons. The molecular formula is C15H15NO2S. The molecule has 0 amide bonds. The molecule has 2 aromatic carbocycles. The molecule has 0 bridgehead atoms. The predicted octanol–water partition coefficient (Wildman–Crippen LogP) is 2.78. The number of rotatable bonds is 5. The van der Waals surface area contributed by atoms with E-state index in [0.29, 0.717) is 6.54 Å². The second-order valence-electron chi connectivity index (χ2n) is 4.07. The Hall–Kier alpha value is -1.91. The van der Waals surface area contributed by atoms with Crippen LogP contribution in [-0.2, 0) is 16.6 Å². The maximum atomic E-state index is 11.8. The standard InChI is InChI=1S/C15H15NO2S/c17-19(18,12-11-14-7-3-1-4-8-14)16-13-15-9-5-2-6-10-15/h1-12,16H,13H2/b12-11+. The lowest BCUT2D eigenvalue weighted by Gasteiger charge is -2.02. The van der Waals surface area contributed by atoms with Crippen molar-refractivity contribution in [2.75, 3.05) is 0 Å². The van der Waals surface area contributed by atoms with E-state index in [-0.39, 0.29) is 0 Å². The molecular weight excluding hydrogens is 258 g/mol. The van der Waals surface area contributed by atoms with Crippen LogP contribution in [0.1, 0.15) is 11.1 Å². The largest absolute Gasteiger partial charge is 0.234 e. The normalized spacial score (nSPS) is 11.8. The van der Waals surface area contributed by atoms with E-state index in [1.165, 1.54) is 5.41 Å². The lowest BCUT2D eigenvalue weighted by atomic mass is 10.2. The summed E-state index contributed by atoms with van der Waals surface area (Å²) in [4.78, 5) is 0. The third kappa shape index (κ3) is 4.69. The van der Waals surface area contributed by atoms with Crippen LogP contribution in [0.25, 0.3) is 6.08 Å². The summed E-state index contributed by atoms with van der Waals surface area (Å²) in [6.45, 7) is 0.294. The highest BCUT2D eigenvalue weighted by molar-refractivity contribution is 7.92. The van der Waals surface area contributed by atoms with Crippen LogP contribution < -0.4 is 4.72 Å². The van der Waals surface area contributed by atoms with Gasteiger partial charge in [0.15, 0.2) is 0 Å². The van der Waals surface area contributed by atoms with Gasteiger partial charge >= 0.3 is 0 Å². The fourth-order valence-corrected chi connectivity index (χ4v) is 2.36. The molecule has 0 heterocycles. The van der Waals surface area contributed by atoms with Crippen LogP contribution in [0.15, 0.2) is 66.1 Å². The molecule has 0 spiro atoms. The molecule has 0 saturated heterocycles. The number of sulfonamides is 1. The Bertz CT molecular complexity index is 634. The highest BCUT2D eigenvalue weighted by Gasteiger charge is 2.04. The molecule has 0 aliphatic heterocycles. The summed E-state index contributed by atoms with van der Waals surface area (Å²) < 4.78 is 26.1. The summed E-state index contributed by atoms with van der Waals surface area (Å²) in [5.74, 6) is 0. The molecule has 3 nitrogen and oxygen atoms in total. The smallest absolute Gasteiger partial charge is 0.208 e. The first-order valence-corrected chi connectivity index (χ1v) is 7.47. The minimum Gasteiger partial charge on any atom is -0.208 e. The van der Waals surface area contributed by atoms with Crippen LogP contribution in [0, 0.1) is 0 Å². The van der Waals surface area contributed by atoms with Crippen molar-refractivity contribution >= 4 is 16.1 Å². The second kappa shape index (κ2) is 6.31. The number of benzene rings is 2. The molecule has 98 valence electrons. The minimum atomic E-state index is -3.41. The zero-order chi connectivity index (χ0) is 13.6. The lowest BCUT2D eigenvalue weighted by molar-refractivity contribution is 0.591. The molecule has 19 heavy (non-hydrogen) atoms. The van der Waals surface area contributed by atoms with Crippen molar-refractivity contribution < 1.29 is 8.42 Å². The maximum absolute atomic E-state index is 11.8. The molecule has 2 rings (SSSR count). The van der Waals surface area contributed by atoms with Crippen molar-refractivity contribution in [3.05, 3.63) is 77.2 Å². The van der Waals surface area contributed by atoms with Crippen LogP contribution in [0.2, 0.25) is 0 Å². The molecule has 0 aromatic heterocycles. The third-order valence-corrected chi connectivity index (χ3v) is 3.60. The predicted molar refractivity (Wildman–Crippen MR) is 77.7 cm³/mol. The van der Waals surface area contributed by atoms with Gasteiger partial charge in [-0.2, -0.15) is 0 Å². The van der Waals surface area contributed by atoms with Crippen molar-refractivity contribution in [3.8, 4) is 0 Å². The zero-order valence-corrected chi connectivity index (χ0v) is 11.2. The van der Waals surface area contributed by atoms with Gasteiger partial charge in [-0.25, -0.2) is 13.1 Å². The van der Waals surface area contributed by atoms with Crippen molar-refractivity contribution in [2.45, 2.75) is 6.54 Å². The molecule has 0 aliphatic carbocycles. The number of hydrogen-bond acceptors (Lipinski definition) is 2. The Kier molecular flexibility index (Phi) is 4.49. The van der Waals surface area contributed by atoms with Gasteiger partial charge in [-0.3, -0.25) is 0 Å². The minimum absolute atomic E-state index is 0.294. The van der Waals surface area contributed by atoms with Gasteiger partial charge in [0.25, 0.3) is 0 Å². The summed E-state index contributed by atoms with van der Waals surface area (Å²) in [6.07, 6.45) is 1.58. The van der Waals surface area contributed by atoms with Gasteiger partial charge in [0.1, 0.15) is 0 Å². The Labute approximate surface area is 113 Å². The van der Waals surface area contributed by atoms with Crippen molar-refractivity contribution in [1.29, 1.82) is 0 Å². The monoisotopic (exact) mass is 273 g/mol. The van der Waals surface area contributed by atoms with Crippen molar-refractivity contribution in [1.82, 2.24) is 4.72 Å². The fourth-order valence-electron chi connectivity index (χ4n) is 1.56. The van der Waals surface area contributed by atoms with E-state index in [2.05, 4.69) is 4.72 Å². The maximum Gasteiger partial charge on any atom is 0.234 e. The summed E-state index contributed by atoms with van der Waals surface area (Å²) >= 11 is 0. The van der Waals surface area contributed by atoms with Gasteiger partial charge in [-0.1, -0.05) is 60.7 Å². The average Bonchev–Trinajstić information content (AvgIpc) is 2.46. The number of nitrogens with one attached hydrogen (secondary N) is 1. The van der Waals surface area contributed by atoms with Gasteiger partial charge in [0.05, 0.1) is 0 Å². The van der Waals surface area contributed by atoms with E-state index in [9.17, 15) is 8.42 Å². The quantitative estimate of drug-likeness (QED) is 0.910. The summed E-state index contributed by atoms with van der Waals surface area (Å²) in [7, 11) is -3.41. The van der Waals surface area contributed by atoms with E-state index < -0.39 is 10.0 Å². The van der Waals surface area contributed by atoms with E-state index >= 15 is 0 Å². The van der Waals surface area contributed by atoms with Crippen molar-refractivity contribution in [3.63, 3.8) is 0 Å². The molecule has 0 unspecified atom stereocenters. The first-order chi connectivity index (χ1) is 9.16. The summed E-state index contributed by atoms with van der Waals surface area (Å²) in [5.41, 5.74) is 1.78. The highest BCUT2D eigenvalue weighted by atomic mass is 32.2. The van der Waals surface area contributed by atoms with Crippen LogP contribution in [0.4, 0.5) is 0 Å². The van der Waals surface area contributed by atoms with Gasteiger partial charge in [-0.05, 0) is 17.2 Å². The number of hydrogen-bond donors (Lipinski definition) is 1. The Balaban J connectivity index is 1.98. The van der Waals surface area contributed by atoms with Crippen LogP contribution in [0.5, 0.6) is 0 Å². The first-order valence-electron chi connectivity index (χ1n) is 5.92. The summed E-state index contributed by atoms with van der Waals surface area (Å²) in [6, 6.07) is 18.7. The first kappa shape index (κ1) is 13.5. The van der Waals surface area contributed by atoms with Gasteiger partial charge in [0, 0.05) is 12.0 Å². The molecule has 2 aromatic rings. The highest BCUT2D eigenvalue weighted by Crippen LogP contribution is 2.04. The van der Waals surface area contributed by atoms with E-state index in [1.807, 2.05) is 60.7 Å². The third-order valence-electron chi connectivity index (χ3n) is 2.56. The topological polar surface area (TPSA) is 46.2 Å². The van der Waals surface area contributed by atoms with Crippen LogP contribution in [-0.4, -0.2) is 8.42 Å². The molecule has 0 fully saturated rings. The zero-order valence-electron chi connectivity index (χ0n) is 10.4. The Morgan fingerprint density at radius 1 is 0.895 bits per heavy atom. The average molecular weight is 273 g/mol. The van der Waals surface area contributed by atoms with Gasteiger partial charge < -0.3 is 0 Å². The van der Waals surface area contributed by atoms with E-state index in [1.54, 1.807) is 6.08 Å². The molecule has 0 aliphatic rings. The SMILES string of the molecule is O=S(=O)(/C=C/c1ccccc1)NCc1ccccc1. The van der Waals surface area contributed by atoms with Gasteiger partial charge in [0.2, 0.25) is 10.0 Å². The molecule has 4 heteroatoms. The van der Waals surface area contributed by atoms with E-state index in [0.717, 1.165) is 11.1 Å². The summed E-state index contributed by atoms with van der Waals surface area (Å²) in [5, 5.41) is 1.19. The Morgan fingerprint density at radius 3 is 2.11 bits per heavy atom. The molecule has 0 saturated carbocycles. The molecule has 1 N–H and O–H groups in total. The molecule has 0 atom stereocenters.